The Bertz CT molecular complexity index is 515. The Morgan fingerprint density at radius 3 is 2.61 bits per heavy atom. The van der Waals surface area contributed by atoms with E-state index < -0.39 is 10.0 Å². The van der Waals surface area contributed by atoms with Gasteiger partial charge >= 0.3 is 0 Å². The molecule has 6 nitrogen and oxygen atoms in total. The smallest absolute Gasteiger partial charge is 0.262 e. The second-order valence-corrected chi connectivity index (χ2v) is 6.78. The van der Waals surface area contributed by atoms with Crippen LogP contribution in [0.15, 0.2) is 5.03 Å². The quantitative estimate of drug-likeness (QED) is 0.842. The summed E-state index contributed by atoms with van der Waals surface area (Å²) in [5.74, 6) is 0.589. The monoisotopic (exact) mass is 272 g/mol. The molecular formula is C11H20N4O2S. The van der Waals surface area contributed by atoms with Crippen molar-refractivity contribution in [2.45, 2.75) is 38.3 Å². The maximum atomic E-state index is 12.5. The van der Waals surface area contributed by atoms with Crippen molar-refractivity contribution in [3.8, 4) is 0 Å². The fraction of sp³-hybridized carbons (Fsp3) is 0.727. The zero-order chi connectivity index (χ0) is 13.3. The van der Waals surface area contributed by atoms with Crippen LogP contribution >= 0.6 is 0 Å². The Balaban J connectivity index is 2.30. The molecule has 3 N–H and O–H groups in total. The van der Waals surface area contributed by atoms with Gasteiger partial charge in [-0.2, -0.15) is 9.40 Å². The number of hydrogen-bond donors (Lipinski definition) is 2. The Hall–Kier alpha value is -0.920. The number of nitrogens with one attached hydrogen (secondary N) is 1. The molecule has 0 atom stereocenters. The van der Waals surface area contributed by atoms with E-state index in [9.17, 15) is 8.42 Å². The van der Waals surface area contributed by atoms with Crippen molar-refractivity contribution in [3.05, 3.63) is 11.3 Å². The fourth-order valence-corrected chi connectivity index (χ4v) is 3.88. The van der Waals surface area contributed by atoms with Gasteiger partial charge in [0.05, 0.1) is 0 Å². The molecule has 1 aliphatic heterocycles. The first-order valence-electron chi connectivity index (χ1n) is 6.21. The highest BCUT2D eigenvalue weighted by Crippen LogP contribution is 2.25. The largest absolute Gasteiger partial charge is 0.326 e. The molecule has 0 aliphatic carbocycles. The van der Waals surface area contributed by atoms with Crippen LogP contribution in [0.3, 0.4) is 0 Å². The molecule has 102 valence electrons. The maximum Gasteiger partial charge on any atom is 0.262 e. The number of aryl methyl sites for hydroxylation is 1. The first-order valence-corrected chi connectivity index (χ1v) is 7.65. The third-order valence-corrected chi connectivity index (χ3v) is 5.44. The lowest BCUT2D eigenvalue weighted by Crippen LogP contribution is -2.38. The van der Waals surface area contributed by atoms with Crippen LogP contribution in [0, 0.1) is 12.8 Å². The summed E-state index contributed by atoms with van der Waals surface area (Å²) in [5, 5.41) is 6.72. The van der Waals surface area contributed by atoms with Gasteiger partial charge in [-0.1, -0.05) is 6.92 Å². The third-order valence-electron chi connectivity index (χ3n) is 3.57. The first-order chi connectivity index (χ1) is 8.46. The highest BCUT2D eigenvalue weighted by molar-refractivity contribution is 7.89. The van der Waals surface area contributed by atoms with E-state index in [0.717, 1.165) is 18.5 Å². The lowest BCUT2D eigenvalue weighted by Gasteiger charge is -2.28. The Kier molecular flexibility index (Phi) is 3.74. The summed E-state index contributed by atoms with van der Waals surface area (Å²) in [6.45, 7) is 5.25. The van der Waals surface area contributed by atoms with Gasteiger partial charge in [-0.15, -0.1) is 0 Å². The van der Waals surface area contributed by atoms with Gasteiger partial charge in [0.25, 0.3) is 10.0 Å². The number of aromatic nitrogens is 2. The molecule has 1 fully saturated rings. The topological polar surface area (TPSA) is 92.1 Å². The number of sulfonamides is 1. The van der Waals surface area contributed by atoms with Crippen molar-refractivity contribution in [1.82, 2.24) is 14.5 Å². The normalized spacial score (nSPS) is 19.3. The molecule has 0 spiro atoms. The van der Waals surface area contributed by atoms with Crippen molar-refractivity contribution in [3.63, 3.8) is 0 Å². The van der Waals surface area contributed by atoms with Crippen LogP contribution < -0.4 is 5.73 Å². The van der Waals surface area contributed by atoms with Crippen LogP contribution in [-0.2, 0) is 16.6 Å². The standard InChI is InChI=1S/C11H20N4O2S/c1-8-3-5-15(6-4-8)18(16,17)11-10(7-12)9(2)13-14-11/h8H,3-7,12H2,1-2H3,(H,13,14). The van der Waals surface area contributed by atoms with E-state index in [1.165, 1.54) is 4.31 Å². The molecule has 1 aromatic rings. The molecule has 0 unspecified atom stereocenters. The summed E-state index contributed by atoms with van der Waals surface area (Å²) in [6.07, 6.45) is 1.81. The van der Waals surface area contributed by atoms with E-state index >= 15 is 0 Å². The van der Waals surface area contributed by atoms with Crippen LogP contribution in [0.5, 0.6) is 0 Å². The van der Waals surface area contributed by atoms with Gasteiger partial charge < -0.3 is 5.73 Å². The summed E-state index contributed by atoms with van der Waals surface area (Å²) in [6, 6.07) is 0. The van der Waals surface area contributed by atoms with Gasteiger partial charge in [0.1, 0.15) is 0 Å². The van der Waals surface area contributed by atoms with Gasteiger partial charge in [-0.25, -0.2) is 8.42 Å². The fourth-order valence-electron chi connectivity index (χ4n) is 2.23. The van der Waals surface area contributed by atoms with E-state index in [4.69, 9.17) is 5.73 Å². The molecule has 0 bridgehead atoms. The van der Waals surface area contributed by atoms with Crippen LogP contribution in [0.4, 0.5) is 0 Å². The van der Waals surface area contributed by atoms with Gasteiger partial charge in [0, 0.05) is 30.9 Å². The number of piperidine rings is 1. The molecule has 18 heavy (non-hydrogen) atoms. The van der Waals surface area contributed by atoms with E-state index in [-0.39, 0.29) is 11.6 Å². The van der Waals surface area contributed by atoms with Crippen molar-refractivity contribution < 1.29 is 8.42 Å². The number of nitrogens with two attached hydrogens (primary N) is 1. The molecule has 0 radical (unpaired) electrons. The number of rotatable bonds is 3. The molecule has 0 saturated carbocycles. The Morgan fingerprint density at radius 2 is 2.06 bits per heavy atom. The number of hydrogen-bond acceptors (Lipinski definition) is 4. The number of nitrogens with zero attached hydrogens (tertiary/aromatic N) is 2. The predicted molar refractivity (Wildman–Crippen MR) is 68.4 cm³/mol. The van der Waals surface area contributed by atoms with E-state index in [1.54, 1.807) is 6.92 Å². The molecule has 0 amide bonds. The molecule has 1 saturated heterocycles. The molecule has 7 heteroatoms. The van der Waals surface area contributed by atoms with Gasteiger partial charge in [0.2, 0.25) is 0 Å². The van der Waals surface area contributed by atoms with Crippen LogP contribution in [-0.4, -0.2) is 36.0 Å². The minimum Gasteiger partial charge on any atom is -0.326 e. The summed E-state index contributed by atoms with van der Waals surface area (Å²) in [4.78, 5) is 0. The second kappa shape index (κ2) is 4.99. The van der Waals surface area contributed by atoms with Crippen LogP contribution in [0.2, 0.25) is 0 Å². The lowest BCUT2D eigenvalue weighted by molar-refractivity contribution is 0.287. The SMILES string of the molecule is Cc1[nH]nc(S(=O)(=O)N2CCC(C)CC2)c1CN. The summed E-state index contributed by atoms with van der Waals surface area (Å²) >= 11 is 0. The van der Waals surface area contributed by atoms with E-state index in [0.29, 0.717) is 24.6 Å². The van der Waals surface area contributed by atoms with E-state index in [2.05, 4.69) is 17.1 Å². The van der Waals surface area contributed by atoms with Gasteiger partial charge in [0.15, 0.2) is 5.03 Å². The van der Waals surface area contributed by atoms with Crippen LogP contribution in [0.25, 0.3) is 0 Å². The minimum atomic E-state index is -3.50. The average molecular weight is 272 g/mol. The molecule has 2 rings (SSSR count). The summed E-state index contributed by atoms with van der Waals surface area (Å²) in [7, 11) is -3.50. The molecule has 2 heterocycles. The molecule has 0 aromatic carbocycles. The van der Waals surface area contributed by atoms with Gasteiger partial charge in [-0.05, 0) is 25.7 Å². The average Bonchev–Trinajstić information content (AvgIpc) is 2.71. The molecular weight excluding hydrogens is 252 g/mol. The third kappa shape index (κ3) is 2.30. The number of aromatic amines is 1. The summed E-state index contributed by atoms with van der Waals surface area (Å²) < 4.78 is 26.5. The van der Waals surface area contributed by atoms with Crippen molar-refractivity contribution in [2.24, 2.45) is 11.7 Å². The maximum absolute atomic E-state index is 12.5. The zero-order valence-corrected chi connectivity index (χ0v) is 11.6. The van der Waals surface area contributed by atoms with Crippen molar-refractivity contribution in [2.75, 3.05) is 13.1 Å². The predicted octanol–water partition coefficient (Wildman–Crippen LogP) is 0.597. The molecule has 1 aromatic heterocycles. The van der Waals surface area contributed by atoms with Crippen molar-refractivity contribution in [1.29, 1.82) is 0 Å². The lowest BCUT2D eigenvalue weighted by atomic mass is 10.0. The Labute approximate surface area is 108 Å². The molecule has 1 aliphatic rings. The highest BCUT2D eigenvalue weighted by Gasteiger charge is 2.32. The van der Waals surface area contributed by atoms with Crippen molar-refractivity contribution >= 4 is 10.0 Å². The highest BCUT2D eigenvalue weighted by atomic mass is 32.2. The first kappa shape index (κ1) is 13.5. The van der Waals surface area contributed by atoms with Crippen LogP contribution in [0.1, 0.15) is 31.0 Å². The summed E-state index contributed by atoms with van der Waals surface area (Å²) in [5.41, 5.74) is 6.92. The minimum absolute atomic E-state index is 0.0945. The number of H-pyrrole nitrogens is 1. The second-order valence-electron chi connectivity index (χ2n) is 4.92. The Morgan fingerprint density at radius 1 is 1.44 bits per heavy atom. The van der Waals surface area contributed by atoms with E-state index in [1.807, 2.05) is 0 Å². The zero-order valence-electron chi connectivity index (χ0n) is 10.8. The van der Waals surface area contributed by atoms with Gasteiger partial charge in [-0.3, -0.25) is 5.10 Å².